The molecule has 0 spiro atoms. The van der Waals surface area contributed by atoms with Crippen molar-refractivity contribution in [2.45, 2.75) is 89.1 Å². The van der Waals surface area contributed by atoms with E-state index in [1.807, 2.05) is 13.8 Å². The van der Waals surface area contributed by atoms with Crippen LogP contribution in [0.5, 0.6) is 0 Å². The predicted molar refractivity (Wildman–Crippen MR) is 128 cm³/mol. The molecule has 11 heteroatoms. The highest BCUT2D eigenvalue weighted by Crippen LogP contribution is 2.49. The van der Waals surface area contributed by atoms with Crippen molar-refractivity contribution in [2.24, 2.45) is 11.8 Å². The molecule has 3 aliphatic rings. The van der Waals surface area contributed by atoms with Crippen molar-refractivity contribution in [2.75, 3.05) is 13.2 Å². The average Bonchev–Trinajstić information content (AvgIpc) is 3.18. The highest BCUT2D eigenvalue weighted by molar-refractivity contribution is 5.87. The van der Waals surface area contributed by atoms with E-state index in [9.17, 15) is 30.0 Å². The monoisotopic (exact) mass is 526 g/mol. The Labute approximate surface area is 216 Å². The molecule has 37 heavy (non-hydrogen) atoms. The zero-order valence-electron chi connectivity index (χ0n) is 21.4. The van der Waals surface area contributed by atoms with Crippen LogP contribution in [0, 0.1) is 11.8 Å². The summed E-state index contributed by atoms with van der Waals surface area (Å²) in [7, 11) is 0. The van der Waals surface area contributed by atoms with E-state index in [0.29, 0.717) is 32.0 Å². The van der Waals surface area contributed by atoms with Crippen LogP contribution in [0.25, 0.3) is 0 Å². The van der Waals surface area contributed by atoms with E-state index >= 15 is 0 Å². The van der Waals surface area contributed by atoms with Gasteiger partial charge in [-0.25, -0.2) is 4.79 Å². The largest absolute Gasteiger partial charge is 0.471 e. The molecule has 0 bridgehead atoms. The number of esters is 1. The summed E-state index contributed by atoms with van der Waals surface area (Å²) in [5.74, 6) is -1.51. The molecule has 0 unspecified atom stereocenters. The van der Waals surface area contributed by atoms with Gasteiger partial charge in [-0.05, 0) is 45.4 Å². The number of hydrogen-bond donors (Lipinski definition) is 5. The van der Waals surface area contributed by atoms with Crippen LogP contribution >= 0.6 is 0 Å². The molecule has 2 fully saturated rings. The van der Waals surface area contributed by atoms with Gasteiger partial charge in [0.15, 0.2) is 12.4 Å². The first kappa shape index (κ1) is 29.4. The summed E-state index contributed by atoms with van der Waals surface area (Å²) in [5.41, 5.74) is -0.153. The fourth-order valence-corrected chi connectivity index (χ4v) is 5.17. The maximum absolute atomic E-state index is 12.8. The Morgan fingerprint density at radius 2 is 1.92 bits per heavy atom. The number of fused-ring (bicyclic) bond motifs is 1. The quantitative estimate of drug-likeness (QED) is 0.114. The van der Waals surface area contributed by atoms with Crippen molar-refractivity contribution in [3.8, 4) is 0 Å². The summed E-state index contributed by atoms with van der Waals surface area (Å²) in [6.45, 7) is 4.59. The Balaban J connectivity index is 1.78. The average molecular weight is 527 g/mol. The van der Waals surface area contributed by atoms with E-state index in [-0.39, 0.29) is 23.7 Å². The third-order valence-electron chi connectivity index (χ3n) is 7.48. The van der Waals surface area contributed by atoms with Crippen LogP contribution in [0.3, 0.4) is 0 Å². The van der Waals surface area contributed by atoms with Crippen molar-refractivity contribution in [1.82, 2.24) is 0 Å². The lowest BCUT2D eigenvalue weighted by atomic mass is 9.80. The highest BCUT2D eigenvalue weighted by atomic mass is 16.8. The van der Waals surface area contributed by atoms with Gasteiger partial charge < -0.3 is 44.5 Å². The van der Waals surface area contributed by atoms with Gasteiger partial charge in [0.05, 0.1) is 31.0 Å². The van der Waals surface area contributed by atoms with Crippen molar-refractivity contribution in [3.05, 3.63) is 35.1 Å². The van der Waals surface area contributed by atoms with Crippen LogP contribution in [0.4, 0.5) is 0 Å². The Hall–Kier alpha value is -2.12. The molecular weight excluding hydrogens is 488 g/mol. The maximum atomic E-state index is 12.8. The summed E-state index contributed by atoms with van der Waals surface area (Å²) in [4.78, 5) is 24.3. The zero-order chi connectivity index (χ0) is 27.3. The lowest BCUT2D eigenvalue weighted by Crippen LogP contribution is -2.62. The number of rotatable bonds is 10. The highest BCUT2D eigenvalue weighted by Gasteiger charge is 2.57. The number of carbonyl (C=O) groups excluding carboxylic acids is 2. The number of allylic oxidation sites excluding steroid dienone is 2. The summed E-state index contributed by atoms with van der Waals surface area (Å²) >= 11 is 0. The van der Waals surface area contributed by atoms with Gasteiger partial charge in [-0.15, -0.1) is 0 Å². The summed E-state index contributed by atoms with van der Waals surface area (Å²) in [6, 6.07) is 0. The molecule has 0 aromatic rings. The molecule has 3 rings (SSSR count). The minimum absolute atomic E-state index is 0.0668. The first-order chi connectivity index (χ1) is 17.6. The Morgan fingerprint density at radius 3 is 2.57 bits per heavy atom. The molecule has 1 saturated heterocycles. The fraction of sp³-hybridized carbons (Fsp3) is 0.692. The third-order valence-corrected chi connectivity index (χ3v) is 7.48. The molecule has 5 N–H and O–H groups in total. The molecule has 0 radical (unpaired) electrons. The first-order valence-corrected chi connectivity index (χ1v) is 12.5. The van der Waals surface area contributed by atoms with E-state index in [1.165, 1.54) is 0 Å². The maximum Gasteiger partial charge on any atom is 0.333 e. The molecule has 1 saturated carbocycles. The standard InChI is InChI=1S/C26H38O11/c1-14(8-10-27)5-4-6-16(3)23(32)36-22-21(31)20(30)18(12-29)35-25(22)37-24-19-15(2)7-9-26(19,33)17(11-28)13-34-24/h6,8,11,13,15,18-22,24-25,27,29-31,33H,4-5,7,9-10,12H2,1-3H3/t15-,18-,19+,20-,21+,22-,24+,25+,26+/m1/s1. The summed E-state index contributed by atoms with van der Waals surface area (Å²) in [6.07, 6.45) is -1.39. The lowest BCUT2D eigenvalue weighted by Gasteiger charge is -2.45. The number of ether oxygens (including phenoxy) is 4. The van der Waals surface area contributed by atoms with Crippen molar-refractivity contribution in [3.63, 3.8) is 0 Å². The van der Waals surface area contributed by atoms with E-state index in [1.54, 1.807) is 19.1 Å². The van der Waals surface area contributed by atoms with E-state index < -0.39 is 61.1 Å². The van der Waals surface area contributed by atoms with Crippen LogP contribution in [-0.2, 0) is 28.5 Å². The number of aliphatic hydroxyl groups is 5. The van der Waals surface area contributed by atoms with Gasteiger partial charge in [0.1, 0.15) is 23.9 Å². The number of aldehydes is 1. The first-order valence-electron chi connectivity index (χ1n) is 12.5. The zero-order valence-corrected chi connectivity index (χ0v) is 21.4. The Bertz CT molecular complexity index is 912. The van der Waals surface area contributed by atoms with Gasteiger partial charge in [0.2, 0.25) is 12.6 Å². The summed E-state index contributed by atoms with van der Waals surface area (Å²) in [5, 5.41) is 51.0. The van der Waals surface area contributed by atoms with Gasteiger partial charge in [-0.1, -0.05) is 24.6 Å². The predicted octanol–water partition coefficient (Wildman–Crippen LogP) is 0.235. The number of hydrogen-bond acceptors (Lipinski definition) is 11. The Kier molecular flexibility index (Phi) is 10.0. The molecule has 0 aromatic carbocycles. The second-order valence-electron chi connectivity index (χ2n) is 10.0. The van der Waals surface area contributed by atoms with E-state index in [2.05, 4.69) is 0 Å². The normalized spacial score (nSPS) is 38.4. The van der Waals surface area contributed by atoms with Crippen molar-refractivity contribution in [1.29, 1.82) is 0 Å². The molecule has 0 amide bonds. The van der Waals surface area contributed by atoms with Gasteiger partial charge in [-0.2, -0.15) is 0 Å². The van der Waals surface area contributed by atoms with E-state index in [4.69, 9.17) is 24.1 Å². The van der Waals surface area contributed by atoms with Gasteiger partial charge >= 0.3 is 5.97 Å². The van der Waals surface area contributed by atoms with Crippen LogP contribution in [-0.4, -0.2) is 93.6 Å². The van der Waals surface area contributed by atoms with Crippen LogP contribution < -0.4 is 0 Å². The lowest BCUT2D eigenvalue weighted by molar-refractivity contribution is -0.347. The minimum Gasteiger partial charge on any atom is -0.471 e. The van der Waals surface area contributed by atoms with Crippen LogP contribution in [0.15, 0.2) is 35.1 Å². The Morgan fingerprint density at radius 1 is 1.19 bits per heavy atom. The molecule has 2 heterocycles. The molecule has 0 aromatic heterocycles. The van der Waals surface area contributed by atoms with Gasteiger partial charge in [-0.3, -0.25) is 4.79 Å². The smallest absolute Gasteiger partial charge is 0.333 e. The van der Waals surface area contributed by atoms with Crippen molar-refractivity contribution < 1.29 is 54.1 Å². The third kappa shape index (κ3) is 6.31. The van der Waals surface area contributed by atoms with Crippen LogP contribution in [0.2, 0.25) is 0 Å². The fourth-order valence-electron chi connectivity index (χ4n) is 5.17. The molecule has 2 aliphatic heterocycles. The minimum atomic E-state index is -1.65. The van der Waals surface area contributed by atoms with Crippen molar-refractivity contribution >= 4 is 12.3 Å². The molecule has 9 atom stereocenters. The topological polar surface area (TPSA) is 172 Å². The molecule has 208 valence electrons. The second kappa shape index (κ2) is 12.6. The molecule has 11 nitrogen and oxygen atoms in total. The van der Waals surface area contributed by atoms with E-state index in [0.717, 1.165) is 11.8 Å². The number of aliphatic hydroxyl groups excluding tert-OH is 4. The SMILES string of the molecule is CC(=CCO)CCC=C(C)C(=O)O[C@H]1[C@H](O[C@@H]2OC=C(C=O)[C@@]3(O)CC[C@@H](C)[C@@H]23)O[C@H](CO)[C@@H](O)[C@@H]1O. The number of carbonyl (C=O) groups is 2. The molecular formula is C26H38O11. The van der Waals surface area contributed by atoms with Gasteiger partial charge in [0.25, 0.3) is 0 Å². The second-order valence-corrected chi connectivity index (χ2v) is 10.0. The van der Waals surface area contributed by atoms with Crippen LogP contribution in [0.1, 0.15) is 46.5 Å². The molecule has 1 aliphatic carbocycles. The summed E-state index contributed by atoms with van der Waals surface area (Å²) < 4.78 is 22.8. The van der Waals surface area contributed by atoms with Gasteiger partial charge in [0, 0.05) is 5.57 Å².